The summed E-state index contributed by atoms with van der Waals surface area (Å²) < 4.78 is 13.1. The fourth-order valence-corrected chi connectivity index (χ4v) is 1.56. The molecule has 2 aromatic rings. The largest absolute Gasteiger partial charge is 0.354 e. The zero-order chi connectivity index (χ0) is 12.3. The Morgan fingerprint density at radius 2 is 1.88 bits per heavy atom. The number of nitriles is 1. The average Bonchev–Trinajstić information content (AvgIpc) is 2.34. The highest BCUT2D eigenvalue weighted by molar-refractivity contribution is 5.68. The summed E-state index contributed by atoms with van der Waals surface area (Å²) in [6.45, 7) is 1.89. The molecule has 3 heteroatoms. The number of para-hydroxylation sites is 1. The molecule has 0 aromatic heterocycles. The standard InChI is InChI=1S/C14H11FN2/c1-10-6-7-12(15)8-14(10)17-13-5-3-2-4-11(13)9-16/h2-8,17H,1H3. The maximum absolute atomic E-state index is 13.1. The predicted molar refractivity (Wildman–Crippen MR) is 65.6 cm³/mol. The minimum Gasteiger partial charge on any atom is -0.354 e. The summed E-state index contributed by atoms with van der Waals surface area (Å²) in [5, 5.41) is 12.0. The normalized spacial score (nSPS) is 9.71. The fraction of sp³-hybridized carbons (Fsp3) is 0.0714. The van der Waals surface area contributed by atoms with Gasteiger partial charge in [0.25, 0.3) is 0 Å². The number of benzene rings is 2. The van der Waals surface area contributed by atoms with Gasteiger partial charge in [-0.05, 0) is 36.8 Å². The van der Waals surface area contributed by atoms with Crippen LogP contribution >= 0.6 is 0 Å². The molecule has 1 N–H and O–H groups in total. The van der Waals surface area contributed by atoms with Crippen LogP contribution in [0.5, 0.6) is 0 Å². The van der Waals surface area contributed by atoms with Crippen LogP contribution < -0.4 is 5.32 Å². The number of nitrogens with zero attached hydrogens (tertiary/aromatic N) is 1. The molecule has 0 spiro atoms. The van der Waals surface area contributed by atoms with Gasteiger partial charge in [-0.15, -0.1) is 0 Å². The topological polar surface area (TPSA) is 35.8 Å². The van der Waals surface area contributed by atoms with Crippen molar-refractivity contribution in [2.24, 2.45) is 0 Å². The third-order valence-corrected chi connectivity index (χ3v) is 2.52. The zero-order valence-electron chi connectivity index (χ0n) is 9.37. The Labute approximate surface area is 99.3 Å². The van der Waals surface area contributed by atoms with Gasteiger partial charge in [-0.2, -0.15) is 5.26 Å². The van der Waals surface area contributed by atoms with Crippen molar-refractivity contribution >= 4 is 11.4 Å². The van der Waals surface area contributed by atoms with E-state index in [1.165, 1.54) is 12.1 Å². The maximum Gasteiger partial charge on any atom is 0.125 e. The lowest BCUT2D eigenvalue weighted by atomic mass is 10.1. The molecule has 0 aliphatic rings. The van der Waals surface area contributed by atoms with E-state index in [2.05, 4.69) is 11.4 Å². The SMILES string of the molecule is Cc1ccc(F)cc1Nc1ccccc1C#N. The van der Waals surface area contributed by atoms with Crippen molar-refractivity contribution in [2.75, 3.05) is 5.32 Å². The van der Waals surface area contributed by atoms with E-state index in [1.54, 1.807) is 24.3 Å². The van der Waals surface area contributed by atoms with Crippen LogP contribution in [0.3, 0.4) is 0 Å². The van der Waals surface area contributed by atoms with Gasteiger partial charge in [-0.25, -0.2) is 4.39 Å². The van der Waals surface area contributed by atoms with Crippen LogP contribution in [0, 0.1) is 24.1 Å². The Bertz CT molecular complexity index is 585. The van der Waals surface area contributed by atoms with Gasteiger partial charge in [0.1, 0.15) is 11.9 Å². The Hall–Kier alpha value is -2.34. The van der Waals surface area contributed by atoms with Crippen LogP contribution in [0.4, 0.5) is 15.8 Å². The number of nitrogens with one attached hydrogen (secondary N) is 1. The molecule has 0 radical (unpaired) electrons. The third-order valence-electron chi connectivity index (χ3n) is 2.52. The molecule has 0 amide bonds. The summed E-state index contributed by atoms with van der Waals surface area (Å²) in [6.07, 6.45) is 0. The number of anilines is 2. The minimum absolute atomic E-state index is 0.299. The summed E-state index contributed by atoms with van der Waals surface area (Å²) in [6, 6.07) is 13.8. The Morgan fingerprint density at radius 1 is 1.12 bits per heavy atom. The fourth-order valence-electron chi connectivity index (χ4n) is 1.56. The van der Waals surface area contributed by atoms with Crippen molar-refractivity contribution in [3.8, 4) is 6.07 Å². The van der Waals surface area contributed by atoms with Crippen molar-refractivity contribution in [1.82, 2.24) is 0 Å². The first kappa shape index (κ1) is 11.2. The molecular formula is C14H11FN2. The molecule has 2 aromatic carbocycles. The Morgan fingerprint density at radius 3 is 2.65 bits per heavy atom. The lowest BCUT2D eigenvalue weighted by molar-refractivity contribution is 0.628. The molecule has 0 saturated heterocycles. The van der Waals surface area contributed by atoms with E-state index in [9.17, 15) is 4.39 Å². The van der Waals surface area contributed by atoms with Crippen LogP contribution in [0.2, 0.25) is 0 Å². The first-order valence-electron chi connectivity index (χ1n) is 5.23. The molecule has 84 valence electrons. The van der Waals surface area contributed by atoms with Gasteiger partial charge >= 0.3 is 0 Å². The zero-order valence-corrected chi connectivity index (χ0v) is 9.37. The van der Waals surface area contributed by atoms with Gasteiger partial charge in [-0.1, -0.05) is 18.2 Å². The number of hydrogen-bond donors (Lipinski definition) is 1. The number of aryl methyl sites for hydroxylation is 1. The monoisotopic (exact) mass is 226 g/mol. The van der Waals surface area contributed by atoms with Crippen molar-refractivity contribution in [3.63, 3.8) is 0 Å². The van der Waals surface area contributed by atoms with Gasteiger partial charge in [-0.3, -0.25) is 0 Å². The van der Waals surface area contributed by atoms with E-state index in [1.807, 2.05) is 13.0 Å². The van der Waals surface area contributed by atoms with Crippen LogP contribution in [0.25, 0.3) is 0 Å². The smallest absolute Gasteiger partial charge is 0.125 e. The minimum atomic E-state index is -0.299. The molecule has 17 heavy (non-hydrogen) atoms. The van der Waals surface area contributed by atoms with E-state index >= 15 is 0 Å². The molecule has 0 fully saturated rings. The summed E-state index contributed by atoms with van der Waals surface area (Å²) in [7, 11) is 0. The second-order valence-electron chi connectivity index (χ2n) is 3.74. The van der Waals surface area contributed by atoms with Crippen LogP contribution in [-0.4, -0.2) is 0 Å². The molecule has 0 unspecified atom stereocenters. The molecule has 0 heterocycles. The Kier molecular flexibility index (Phi) is 3.06. The van der Waals surface area contributed by atoms with E-state index in [0.717, 1.165) is 5.56 Å². The molecule has 0 saturated carbocycles. The highest BCUT2D eigenvalue weighted by atomic mass is 19.1. The lowest BCUT2D eigenvalue weighted by Crippen LogP contribution is -1.96. The number of halogens is 1. The molecule has 2 nitrogen and oxygen atoms in total. The molecular weight excluding hydrogens is 215 g/mol. The second kappa shape index (κ2) is 4.67. The van der Waals surface area contributed by atoms with Gasteiger partial charge in [0.05, 0.1) is 11.3 Å². The van der Waals surface area contributed by atoms with E-state index < -0.39 is 0 Å². The summed E-state index contributed by atoms with van der Waals surface area (Å²) in [5.41, 5.74) is 2.83. The quantitative estimate of drug-likeness (QED) is 0.846. The second-order valence-corrected chi connectivity index (χ2v) is 3.74. The molecule has 0 bridgehead atoms. The first-order chi connectivity index (χ1) is 8.20. The summed E-state index contributed by atoms with van der Waals surface area (Å²) >= 11 is 0. The maximum atomic E-state index is 13.1. The number of hydrogen-bond acceptors (Lipinski definition) is 2. The highest BCUT2D eigenvalue weighted by Crippen LogP contribution is 2.23. The third kappa shape index (κ3) is 2.43. The first-order valence-corrected chi connectivity index (χ1v) is 5.23. The van der Waals surface area contributed by atoms with Crippen LogP contribution in [0.15, 0.2) is 42.5 Å². The lowest BCUT2D eigenvalue weighted by Gasteiger charge is -2.10. The van der Waals surface area contributed by atoms with Gasteiger partial charge in [0, 0.05) is 5.69 Å². The van der Waals surface area contributed by atoms with E-state index in [0.29, 0.717) is 16.9 Å². The van der Waals surface area contributed by atoms with Crippen LogP contribution in [0.1, 0.15) is 11.1 Å². The molecule has 0 aliphatic carbocycles. The van der Waals surface area contributed by atoms with Gasteiger partial charge < -0.3 is 5.32 Å². The highest BCUT2D eigenvalue weighted by Gasteiger charge is 2.04. The van der Waals surface area contributed by atoms with Crippen LogP contribution in [-0.2, 0) is 0 Å². The molecule has 2 rings (SSSR count). The van der Waals surface area contributed by atoms with Crippen molar-refractivity contribution in [1.29, 1.82) is 5.26 Å². The number of rotatable bonds is 2. The summed E-state index contributed by atoms with van der Waals surface area (Å²) in [4.78, 5) is 0. The predicted octanol–water partition coefficient (Wildman–Crippen LogP) is 3.75. The van der Waals surface area contributed by atoms with Crippen molar-refractivity contribution in [3.05, 3.63) is 59.4 Å². The summed E-state index contributed by atoms with van der Waals surface area (Å²) in [5.74, 6) is -0.299. The van der Waals surface area contributed by atoms with E-state index in [4.69, 9.17) is 5.26 Å². The molecule has 0 aliphatic heterocycles. The molecule has 0 atom stereocenters. The average molecular weight is 226 g/mol. The van der Waals surface area contributed by atoms with Gasteiger partial charge in [0.15, 0.2) is 0 Å². The van der Waals surface area contributed by atoms with Gasteiger partial charge in [0.2, 0.25) is 0 Å². The van der Waals surface area contributed by atoms with E-state index in [-0.39, 0.29) is 5.82 Å². The van der Waals surface area contributed by atoms with Crippen molar-refractivity contribution < 1.29 is 4.39 Å². The van der Waals surface area contributed by atoms with Crippen molar-refractivity contribution in [2.45, 2.75) is 6.92 Å². The Balaban J connectivity index is 2.38.